The molecule has 0 aliphatic carbocycles. The molecule has 234 valence electrons. The van der Waals surface area contributed by atoms with Crippen LogP contribution in [-0.4, -0.2) is 78.2 Å². The van der Waals surface area contributed by atoms with Crippen molar-refractivity contribution in [2.75, 3.05) is 13.7 Å². The van der Waals surface area contributed by atoms with Crippen molar-refractivity contribution >= 4 is 40.0 Å². The van der Waals surface area contributed by atoms with E-state index >= 15 is 0 Å². The number of benzene rings is 1. The summed E-state index contributed by atoms with van der Waals surface area (Å²) in [5, 5.41) is 0. The molecule has 0 spiro atoms. The molecule has 10 nitrogen and oxygen atoms in total. The summed E-state index contributed by atoms with van der Waals surface area (Å²) < 4.78 is 34.3. The van der Waals surface area contributed by atoms with Crippen LogP contribution in [-0.2, 0) is 42.9 Å². The van der Waals surface area contributed by atoms with Gasteiger partial charge < -0.3 is 28.4 Å². The smallest absolute Gasteiger partial charge is 0.303 e. The second-order valence-corrected chi connectivity index (χ2v) is 21.8. The molecule has 1 aliphatic rings. The summed E-state index contributed by atoms with van der Waals surface area (Å²) in [6.45, 7) is 17.1. The summed E-state index contributed by atoms with van der Waals surface area (Å²) in [5.74, 6) is 4.30. The van der Waals surface area contributed by atoms with E-state index in [4.69, 9.17) is 28.4 Å². The normalized spacial score (nSPS) is 21.6. The van der Waals surface area contributed by atoms with E-state index in [0.29, 0.717) is 22.4 Å². The highest BCUT2D eigenvalue weighted by Crippen LogP contribution is 2.40. The van der Waals surface area contributed by atoms with Crippen molar-refractivity contribution in [1.29, 1.82) is 0 Å². The lowest BCUT2D eigenvalue weighted by Crippen LogP contribution is -2.59. The number of carbonyl (C=O) groups excluding carboxylic acids is 4. The predicted molar refractivity (Wildman–Crippen MR) is 164 cm³/mol. The standard InChI is InChI=1S/C31H42O10Si2/c1-19(32)37-18-27-29(38-20(2)33)31(40-22(4)35)30(39-21(3)34)28(41-27)25-16-24(13-15-43(9,10)11)26(36-5)17-23(25)12-14-42(6,7)8/h16-17,27-31H,18H2,1-11H3/t27-,28+,29-,30+,31+/m1/s1. The van der Waals surface area contributed by atoms with Crippen LogP contribution >= 0.6 is 0 Å². The van der Waals surface area contributed by atoms with Gasteiger partial charge in [-0.15, -0.1) is 11.1 Å². The number of hydrogen-bond acceptors (Lipinski definition) is 10. The zero-order valence-electron chi connectivity index (χ0n) is 26.8. The van der Waals surface area contributed by atoms with E-state index in [1.54, 1.807) is 19.2 Å². The van der Waals surface area contributed by atoms with Gasteiger partial charge in [0.1, 0.15) is 40.7 Å². The maximum absolute atomic E-state index is 12.4. The molecule has 0 saturated carbocycles. The first kappa shape index (κ1) is 35.6. The van der Waals surface area contributed by atoms with E-state index < -0.39 is 70.5 Å². The van der Waals surface area contributed by atoms with Gasteiger partial charge in [-0.05, 0) is 12.1 Å². The van der Waals surface area contributed by atoms with Crippen molar-refractivity contribution in [3.8, 4) is 28.7 Å². The molecule has 1 aromatic rings. The van der Waals surface area contributed by atoms with E-state index in [2.05, 4.69) is 62.2 Å². The summed E-state index contributed by atoms with van der Waals surface area (Å²) in [5.41, 5.74) is 8.26. The van der Waals surface area contributed by atoms with Gasteiger partial charge >= 0.3 is 23.9 Å². The Morgan fingerprint density at radius 2 is 1.21 bits per heavy atom. The maximum atomic E-state index is 12.4. The summed E-state index contributed by atoms with van der Waals surface area (Å²) >= 11 is 0. The van der Waals surface area contributed by atoms with Crippen molar-refractivity contribution in [2.24, 2.45) is 0 Å². The Balaban J connectivity index is 2.95. The molecule has 1 heterocycles. The van der Waals surface area contributed by atoms with Crippen LogP contribution in [0.25, 0.3) is 0 Å². The molecule has 0 unspecified atom stereocenters. The fraction of sp³-hybridized carbons (Fsp3) is 0.548. The van der Waals surface area contributed by atoms with Crippen molar-refractivity contribution in [1.82, 2.24) is 0 Å². The SMILES string of the molecule is COc1cc(C#C[Si](C)(C)C)c([C@@H]2O[C@H](COC(C)=O)[C@@H](OC(C)=O)[C@H](OC(C)=O)[C@H]2OC(C)=O)cc1C#C[Si](C)(C)C. The average Bonchev–Trinajstić information content (AvgIpc) is 2.85. The lowest BCUT2D eigenvalue weighted by Gasteiger charge is -2.44. The average molecular weight is 631 g/mol. The van der Waals surface area contributed by atoms with Gasteiger partial charge in [-0.3, -0.25) is 19.2 Å². The first-order chi connectivity index (χ1) is 19.8. The van der Waals surface area contributed by atoms with Crippen LogP contribution in [0.15, 0.2) is 12.1 Å². The van der Waals surface area contributed by atoms with Crippen molar-refractivity contribution in [3.05, 3.63) is 28.8 Å². The third kappa shape index (κ3) is 11.2. The van der Waals surface area contributed by atoms with Crippen LogP contribution in [0.5, 0.6) is 5.75 Å². The maximum Gasteiger partial charge on any atom is 0.303 e. The minimum Gasteiger partial charge on any atom is -0.495 e. The molecule has 43 heavy (non-hydrogen) atoms. The van der Waals surface area contributed by atoms with Crippen LogP contribution in [0.4, 0.5) is 0 Å². The van der Waals surface area contributed by atoms with Crippen LogP contribution in [0, 0.1) is 22.9 Å². The van der Waals surface area contributed by atoms with Crippen LogP contribution in [0.3, 0.4) is 0 Å². The van der Waals surface area contributed by atoms with Gasteiger partial charge in [-0.2, -0.15) is 0 Å². The van der Waals surface area contributed by atoms with E-state index in [-0.39, 0.29) is 6.61 Å². The number of esters is 4. The highest BCUT2D eigenvalue weighted by atomic mass is 28.3. The second-order valence-electron chi connectivity index (χ2n) is 12.3. The van der Waals surface area contributed by atoms with Crippen molar-refractivity contribution in [3.63, 3.8) is 0 Å². The highest BCUT2D eigenvalue weighted by molar-refractivity contribution is 6.84. The second kappa shape index (κ2) is 14.7. The Hall–Kier alpha value is -3.59. The molecule has 0 amide bonds. The minimum atomic E-state index is -1.88. The molecule has 2 rings (SSSR count). The third-order valence-electron chi connectivity index (χ3n) is 5.81. The van der Waals surface area contributed by atoms with Gasteiger partial charge in [-0.25, -0.2) is 0 Å². The zero-order valence-corrected chi connectivity index (χ0v) is 28.8. The topological polar surface area (TPSA) is 124 Å². The highest BCUT2D eigenvalue weighted by Gasteiger charge is 2.53. The lowest BCUT2D eigenvalue weighted by atomic mass is 9.87. The van der Waals surface area contributed by atoms with Crippen molar-refractivity contribution < 1.29 is 47.6 Å². The number of ether oxygens (including phenoxy) is 6. The molecular weight excluding hydrogens is 589 g/mol. The number of carbonyl (C=O) groups is 4. The fourth-order valence-electron chi connectivity index (χ4n) is 4.20. The molecule has 1 saturated heterocycles. The first-order valence-corrected chi connectivity index (χ1v) is 20.9. The summed E-state index contributed by atoms with van der Waals surface area (Å²) in [7, 11) is -2.14. The Kier molecular flexibility index (Phi) is 12.2. The molecular formula is C31H42O10Si2. The van der Waals surface area contributed by atoms with Crippen LogP contribution in [0.2, 0.25) is 39.3 Å². The molecule has 12 heteroatoms. The molecule has 1 fully saturated rings. The minimum absolute atomic E-state index is 0.331. The molecule has 5 atom stereocenters. The lowest BCUT2D eigenvalue weighted by molar-refractivity contribution is -0.254. The summed E-state index contributed by atoms with van der Waals surface area (Å²) in [4.78, 5) is 48.6. The number of hydrogen-bond donors (Lipinski definition) is 0. The van der Waals surface area contributed by atoms with Gasteiger partial charge in [0.05, 0.1) is 12.7 Å². The monoisotopic (exact) mass is 630 g/mol. The Morgan fingerprint density at radius 1 is 0.721 bits per heavy atom. The number of methoxy groups -OCH3 is 1. The molecule has 0 bridgehead atoms. The van der Waals surface area contributed by atoms with Gasteiger partial charge in [0.2, 0.25) is 0 Å². The van der Waals surface area contributed by atoms with Crippen LogP contribution in [0.1, 0.15) is 50.5 Å². The van der Waals surface area contributed by atoms with E-state index in [9.17, 15) is 19.2 Å². The quantitative estimate of drug-likeness (QED) is 0.189. The van der Waals surface area contributed by atoms with Gasteiger partial charge in [0.15, 0.2) is 18.3 Å². The Labute approximate surface area is 256 Å². The molecule has 1 aromatic carbocycles. The van der Waals surface area contributed by atoms with Crippen molar-refractivity contribution in [2.45, 2.75) is 97.5 Å². The van der Waals surface area contributed by atoms with Gasteiger partial charge in [0, 0.05) is 38.8 Å². The van der Waals surface area contributed by atoms with E-state index in [0.717, 1.165) is 0 Å². The van der Waals surface area contributed by atoms with E-state index in [1.165, 1.54) is 27.7 Å². The van der Waals surface area contributed by atoms with Gasteiger partial charge in [-0.1, -0.05) is 51.1 Å². The summed E-state index contributed by atoms with van der Waals surface area (Å²) in [6, 6.07) is 3.52. The first-order valence-electron chi connectivity index (χ1n) is 13.9. The Bertz CT molecular complexity index is 1350. The van der Waals surface area contributed by atoms with Gasteiger partial charge in [0.25, 0.3) is 0 Å². The fourth-order valence-corrected chi connectivity index (χ4v) is 5.21. The predicted octanol–water partition coefficient (Wildman–Crippen LogP) is 3.95. The summed E-state index contributed by atoms with van der Waals surface area (Å²) in [6.07, 6.45) is -6.02. The zero-order chi connectivity index (χ0) is 32.7. The largest absolute Gasteiger partial charge is 0.495 e. The third-order valence-corrected chi connectivity index (χ3v) is 7.56. The number of rotatable bonds is 7. The molecule has 0 radical (unpaired) electrons. The molecule has 0 N–H and O–H groups in total. The Morgan fingerprint density at radius 3 is 1.67 bits per heavy atom. The molecule has 0 aromatic heterocycles. The van der Waals surface area contributed by atoms with Crippen LogP contribution < -0.4 is 4.74 Å². The molecule has 1 aliphatic heterocycles. The van der Waals surface area contributed by atoms with E-state index in [1.807, 2.05) is 0 Å².